The number of hydrogen-bond acceptors (Lipinski definition) is 4. The zero-order valence-electron chi connectivity index (χ0n) is 12.7. The van der Waals surface area contributed by atoms with Crippen LogP contribution in [-0.2, 0) is 9.53 Å². The van der Waals surface area contributed by atoms with E-state index in [-0.39, 0.29) is 12.0 Å². The largest absolute Gasteiger partial charge is 0.465 e. The van der Waals surface area contributed by atoms with Crippen molar-refractivity contribution < 1.29 is 9.53 Å². The highest BCUT2D eigenvalue weighted by Crippen LogP contribution is 2.41. The van der Waals surface area contributed by atoms with Crippen LogP contribution in [0.1, 0.15) is 42.9 Å². The van der Waals surface area contributed by atoms with Gasteiger partial charge in [0.2, 0.25) is 0 Å². The van der Waals surface area contributed by atoms with Crippen LogP contribution in [0.2, 0.25) is 0 Å². The number of carbonyl (C=O) groups is 1. The topological polar surface area (TPSA) is 41.6 Å². The van der Waals surface area contributed by atoms with Crippen LogP contribution in [0.4, 0.5) is 0 Å². The minimum absolute atomic E-state index is 0.118. The normalized spacial score (nSPS) is 21.0. The zero-order valence-corrected chi connectivity index (χ0v) is 12.7. The Morgan fingerprint density at radius 3 is 2.81 bits per heavy atom. The van der Waals surface area contributed by atoms with Crippen LogP contribution in [0, 0.1) is 0 Å². The summed E-state index contributed by atoms with van der Waals surface area (Å²) in [5.74, 6) is 0.586. The molecule has 114 valence electrons. The molecule has 0 aromatic heterocycles. The van der Waals surface area contributed by atoms with E-state index in [2.05, 4.69) is 34.5 Å². The molecule has 1 heterocycles. The molecule has 1 aromatic rings. The fraction of sp³-hybridized carbons (Fsp3) is 0.588. The summed E-state index contributed by atoms with van der Waals surface area (Å²) in [4.78, 5) is 14.7. The standard InChI is InChI=1S/C17H24N2O2/c1-2-21-17(20)16(19-10-8-18-9-11-19)15-5-3-4-14(12-15)13-6-7-13/h3-5,12-13,16,18H,2,6-11H2,1H3. The summed E-state index contributed by atoms with van der Waals surface area (Å²) in [5, 5.41) is 3.34. The van der Waals surface area contributed by atoms with E-state index in [1.807, 2.05) is 6.92 Å². The molecule has 1 saturated carbocycles. The fourth-order valence-corrected chi connectivity index (χ4v) is 3.06. The van der Waals surface area contributed by atoms with Crippen molar-refractivity contribution in [1.29, 1.82) is 0 Å². The second-order valence-electron chi connectivity index (χ2n) is 5.88. The predicted octanol–water partition coefficient (Wildman–Crippen LogP) is 2.07. The van der Waals surface area contributed by atoms with Crippen molar-refractivity contribution in [2.24, 2.45) is 0 Å². The Labute approximate surface area is 126 Å². The number of rotatable bonds is 5. The van der Waals surface area contributed by atoms with Crippen LogP contribution in [-0.4, -0.2) is 43.7 Å². The van der Waals surface area contributed by atoms with Gasteiger partial charge in [-0.05, 0) is 36.8 Å². The Balaban J connectivity index is 1.85. The minimum atomic E-state index is -0.259. The number of nitrogens with zero attached hydrogens (tertiary/aromatic N) is 1. The first kappa shape index (κ1) is 14.5. The lowest BCUT2D eigenvalue weighted by atomic mass is 10.00. The summed E-state index contributed by atoms with van der Waals surface area (Å²) >= 11 is 0. The van der Waals surface area contributed by atoms with Gasteiger partial charge in [0, 0.05) is 26.2 Å². The summed E-state index contributed by atoms with van der Waals surface area (Å²) < 4.78 is 5.33. The molecule has 1 N–H and O–H groups in total. The third kappa shape index (κ3) is 3.44. The maximum Gasteiger partial charge on any atom is 0.328 e. The first-order valence-corrected chi connectivity index (χ1v) is 8.01. The predicted molar refractivity (Wildman–Crippen MR) is 82.2 cm³/mol. The van der Waals surface area contributed by atoms with Crippen molar-refractivity contribution in [2.75, 3.05) is 32.8 Å². The van der Waals surface area contributed by atoms with Crippen LogP contribution in [0.3, 0.4) is 0 Å². The monoisotopic (exact) mass is 288 g/mol. The molecule has 0 radical (unpaired) electrons. The van der Waals surface area contributed by atoms with E-state index < -0.39 is 0 Å². The second kappa shape index (κ2) is 6.58. The Kier molecular flexibility index (Phi) is 4.56. The molecule has 3 rings (SSSR count). The molecule has 1 aliphatic heterocycles. The van der Waals surface area contributed by atoms with E-state index in [0.29, 0.717) is 12.5 Å². The SMILES string of the molecule is CCOC(=O)C(c1cccc(C2CC2)c1)N1CCNCC1. The second-order valence-corrected chi connectivity index (χ2v) is 5.88. The van der Waals surface area contributed by atoms with Gasteiger partial charge in [-0.3, -0.25) is 4.90 Å². The lowest BCUT2D eigenvalue weighted by Crippen LogP contribution is -2.47. The van der Waals surface area contributed by atoms with Gasteiger partial charge in [-0.2, -0.15) is 0 Å². The third-order valence-electron chi connectivity index (χ3n) is 4.30. The highest BCUT2D eigenvalue weighted by Gasteiger charge is 2.31. The number of piperazine rings is 1. The van der Waals surface area contributed by atoms with Crippen molar-refractivity contribution in [3.05, 3.63) is 35.4 Å². The Morgan fingerprint density at radius 2 is 2.14 bits per heavy atom. The maximum atomic E-state index is 12.5. The van der Waals surface area contributed by atoms with Gasteiger partial charge in [-0.25, -0.2) is 4.79 Å². The number of nitrogens with one attached hydrogen (secondary N) is 1. The first-order chi connectivity index (χ1) is 10.3. The van der Waals surface area contributed by atoms with Gasteiger partial charge < -0.3 is 10.1 Å². The van der Waals surface area contributed by atoms with Crippen LogP contribution in [0.25, 0.3) is 0 Å². The van der Waals surface area contributed by atoms with Crippen LogP contribution in [0.5, 0.6) is 0 Å². The van der Waals surface area contributed by atoms with Gasteiger partial charge >= 0.3 is 5.97 Å². The molecular formula is C17H24N2O2. The van der Waals surface area contributed by atoms with Crippen molar-refractivity contribution in [3.63, 3.8) is 0 Å². The maximum absolute atomic E-state index is 12.5. The molecular weight excluding hydrogens is 264 g/mol. The Hall–Kier alpha value is -1.39. The molecule has 1 aliphatic carbocycles. The quantitative estimate of drug-likeness (QED) is 0.842. The fourth-order valence-electron chi connectivity index (χ4n) is 3.06. The van der Waals surface area contributed by atoms with Crippen molar-refractivity contribution >= 4 is 5.97 Å². The summed E-state index contributed by atoms with van der Waals surface area (Å²) in [5.41, 5.74) is 2.46. The highest BCUT2D eigenvalue weighted by atomic mass is 16.5. The number of esters is 1. The molecule has 4 nitrogen and oxygen atoms in total. The summed E-state index contributed by atoms with van der Waals surface area (Å²) in [6, 6.07) is 8.28. The molecule has 4 heteroatoms. The van der Waals surface area contributed by atoms with Gasteiger partial charge in [0.05, 0.1) is 6.61 Å². The lowest BCUT2D eigenvalue weighted by molar-refractivity contribution is -0.150. The highest BCUT2D eigenvalue weighted by molar-refractivity contribution is 5.77. The molecule has 0 amide bonds. The molecule has 1 atom stereocenters. The van der Waals surface area contributed by atoms with E-state index in [1.165, 1.54) is 18.4 Å². The molecule has 21 heavy (non-hydrogen) atoms. The number of ether oxygens (including phenoxy) is 1. The van der Waals surface area contributed by atoms with E-state index in [4.69, 9.17) is 4.74 Å². The first-order valence-electron chi connectivity index (χ1n) is 8.01. The lowest BCUT2D eigenvalue weighted by Gasteiger charge is -2.33. The van der Waals surface area contributed by atoms with Gasteiger partial charge in [0.15, 0.2) is 0 Å². The molecule has 1 unspecified atom stereocenters. The average molecular weight is 288 g/mol. The van der Waals surface area contributed by atoms with E-state index in [9.17, 15) is 4.79 Å². The van der Waals surface area contributed by atoms with Crippen molar-refractivity contribution in [3.8, 4) is 0 Å². The van der Waals surface area contributed by atoms with Crippen LogP contribution < -0.4 is 5.32 Å². The molecule has 2 fully saturated rings. The van der Waals surface area contributed by atoms with E-state index >= 15 is 0 Å². The van der Waals surface area contributed by atoms with Gasteiger partial charge in [-0.1, -0.05) is 24.3 Å². The zero-order chi connectivity index (χ0) is 14.7. The third-order valence-corrected chi connectivity index (χ3v) is 4.30. The Morgan fingerprint density at radius 1 is 1.38 bits per heavy atom. The van der Waals surface area contributed by atoms with Crippen LogP contribution in [0.15, 0.2) is 24.3 Å². The molecule has 2 aliphatic rings. The van der Waals surface area contributed by atoms with Crippen molar-refractivity contribution in [1.82, 2.24) is 10.2 Å². The summed E-state index contributed by atoms with van der Waals surface area (Å²) in [6.45, 7) is 5.93. The minimum Gasteiger partial charge on any atom is -0.465 e. The number of hydrogen-bond donors (Lipinski definition) is 1. The van der Waals surface area contributed by atoms with Crippen molar-refractivity contribution in [2.45, 2.75) is 31.7 Å². The van der Waals surface area contributed by atoms with Gasteiger partial charge in [0.1, 0.15) is 6.04 Å². The Bertz CT molecular complexity index is 493. The molecule has 0 bridgehead atoms. The number of carbonyl (C=O) groups excluding carboxylic acids is 1. The van der Waals surface area contributed by atoms with E-state index in [0.717, 1.165) is 31.7 Å². The summed E-state index contributed by atoms with van der Waals surface area (Å²) in [6.07, 6.45) is 2.56. The van der Waals surface area contributed by atoms with Gasteiger partial charge in [-0.15, -0.1) is 0 Å². The number of benzene rings is 1. The molecule has 1 aromatic carbocycles. The van der Waals surface area contributed by atoms with E-state index in [1.54, 1.807) is 0 Å². The molecule has 1 saturated heterocycles. The smallest absolute Gasteiger partial charge is 0.328 e. The van der Waals surface area contributed by atoms with Crippen LogP contribution >= 0.6 is 0 Å². The summed E-state index contributed by atoms with van der Waals surface area (Å²) in [7, 11) is 0. The molecule has 0 spiro atoms. The average Bonchev–Trinajstić information content (AvgIpc) is 3.34. The van der Waals surface area contributed by atoms with Gasteiger partial charge in [0.25, 0.3) is 0 Å².